The van der Waals surface area contributed by atoms with Crippen LogP contribution in [0.5, 0.6) is 11.5 Å². The minimum absolute atomic E-state index is 0.272. The van der Waals surface area contributed by atoms with E-state index in [0.717, 1.165) is 16.7 Å². The largest absolute Gasteiger partial charge is 0.457 e. The van der Waals surface area contributed by atoms with E-state index in [2.05, 4.69) is 20.6 Å². The van der Waals surface area contributed by atoms with Gasteiger partial charge in [0, 0.05) is 32.4 Å². The highest BCUT2D eigenvalue weighted by atomic mass is 35.5. The van der Waals surface area contributed by atoms with Gasteiger partial charge in [0.1, 0.15) is 17.2 Å². The van der Waals surface area contributed by atoms with Gasteiger partial charge in [-0.15, -0.1) is 0 Å². The van der Waals surface area contributed by atoms with Crippen LogP contribution in [0, 0.1) is 0 Å². The Balaban J connectivity index is 1.62. The van der Waals surface area contributed by atoms with Gasteiger partial charge in [0.2, 0.25) is 5.95 Å². The fourth-order valence-electron chi connectivity index (χ4n) is 2.90. The van der Waals surface area contributed by atoms with E-state index in [1.807, 2.05) is 54.1 Å². The summed E-state index contributed by atoms with van der Waals surface area (Å²) in [6.45, 7) is 0. The number of carbonyl (C=O) groups is 1. The third-order valence-electron chi connectivity index (χ3n) is 4.40. The molecule has 2 N–H and O–H groups in total. The first-order valence-corrected chi connectivity index (χ1v) is 9.27. The topological polar surface area (TPSA) is 81.1 Å². The molecule has 2 heterocycles. The number of aryl methyl sites for hydroxylation is 1. The summed E-state index contributed by atoms with van der Waals surface area (Å²) in [6, 6.07) is 16.4. The fraction of sp³-hybridized carbons (Fsp3) is 0.0952. The zero-order valence-electron chi connectivity index (χ0n) is 15.8. The molecule has 146 valence electrons. The molecule has 29 heavy (non-hydrogen) atoms. The number of aromatic nitrogens is 3. The van der Waals surface area contributed by atoms with Crippen LogP contribution in [0.2, 0.25) is 5.02 Å². The molecule has 0 bridgehead atoms. The number of nitrogens with zero attached hydrogens (tertiary/aromatic N) is 3. The van der Waals surface area contributed by atoms with Crippen LogP contribution in [0.15, 0.2) is 60.8 Å². The standard InChI is InChI=1S/C21H18ClN5O2/c1-23-20(28)18-12-14(9-10-24-18)29-13-7-8-19-17(11-13)26-21(27(19)2)25-16-6-4-3-5-15(16)22/h3-12H,1-2H3,(H,23,28)(H,25,26). The van der Waals surface area contributed by atoms with Gasteiger partial charge in [0.25, 0.3) is 5.91 Å². The van der Waals surface area contributed by atoms with Crippen LogP contribution in [0.3, 0.4) is 0 Å². The van der Waals surface area contributed by atoms with E-state index in [4.69, 9.17) is 16.3 Å². The summed E-state index contributed by atoms with van der Waals surface area (Å²) in [7, 11) is 3.48. The molecule has 0 aliphatic rings. The molecule has 0 radical (unpaired) electrons. The molecule has 0 atom stereocenters. The summed E-state index contributed by atoms with van der Waals surface area (Å²) >= 11 is 6.23. The summed E-state index contributed by atoms with van der Waals surface area (Å²) in [5, 5.41) is 6.41. The first kappa shape index (κ1) is 18.8. The maximum atomic E-state index is 11.7. The third-order valence-corrected chi connectivity index (χ3v) is 4.73. The molecule has 0 saturated heterocycles. The number of pyridine rings is 1. The molecular formula is C21H18ClN5O2. The number of hydrogen-bond acceptors (Lipinski definition) is 5. The monoisotopic (exact) mass is 407 g/mol. The van der Waals surface area contributed by atoms with Crippen LogP contribution in [0.1, 0.15) is 10.5 Å². The summed E-state index contributed by atoms with van der Waals surface area (Å²) in [6.07, 6.45) is 1.53. The molecule has 0 fully saturated rings. The Kier molecular flexibility index (Phi) is 5.05. The second-order valence-corrected chi connectivity index (χ2v) is 6.71. The Hall–Kier alpha value is -3.58. The molecule has 4 aromatic rings. The number of halogens is 1. The summed E-state index contributed by atoms with van der Waals surface area (Å²) in [5.41, 5.74) is 2.77. The van der Waals surface area contributed by atoms with E-state index in [9.17, 15) is 4.79 Å². The predicted octanol–water partition coefficient (Wildman–Crippen LogP) is 4.52. The van der Waals surface area contributed by atoms with E-state index in [0.29, 0.717) is 22.5 Å². The Morgan fingerprint density at radius 2 is 1.90 bits per heavy atom. The number of anilines is 2. The summed E-state index contributed by atoms with van der Waals surface area (Å²) < 4.78 is 7.84. The molecule has 0 unspecified atom stereocenters. The average Bonchev–Trinajstić information content (AvgIpc) is 3.04. The summed E-state index contributed by atoms with van der Waals surface area (Å²) in [4.78, 5) is 20.4. The van der Waals surface area contributed by atoms with Crippen molar-refractivity contribution in [2.75, 3.05) is 12.4 Å². The number of para-hydroxylation sites is 1. The molecule has 0 spiro atoms. The molecule has 8 heteroatoms. The smallest absolute Gasteiger partial charge is 0.269 e. The van der Waals surface area contributed by atoms with Crippen molar-refractivity contribution in [3.63, 3.8) is 0 Å². The number of carbonyl (C=O) groups excluding carboxylic acids is 1. The first-order chi connectivity index (χ1) is 14.0. The molecule has 0 saturated carbocycles. The summed E-state index contributed by atoms with van der Waals surface area (Å²) in [5.74, 6) is 1.51. The fourth-order valence-corrected chi connectivity index (χ4v) is 3.08. The Labute approximate surface area is 172 Å². The molecule has 2 aromatic heterocycles. The second kappa shape index (κ2) is 7.81. The van der Waals surface area contributed by atoms with Crippen LogP contribution < -0.4 is 15.4 Å². The van der Waals surface area contributed by atoms with Gasteiger partial charge in [-0.05, 0) is 30.3 Å². The third kappa shape index (κ3) is 3.86. The van der Waals surface area contributed by atoms with Crippen LogP contribution in [0.4, 0.5) is 11.6 Å². The zero-order valence-corrected chi connectivity index (χ0v) is 16.6. The van der Waals surface area contributed by atoms with E-state index >= 15 is 0 Å². The van der Waals surface area contributed by atoms with Crippen LogP contribution >= 0.6 is 11.6 Å². The van der Waals surface area contributed by atoms with Crippen LogP contribution in [-0.4, -0.2) is 27.5 Å². The molecule has 1 amide bonds. The van der Waals surface area contributed by atoms with Crippen molar-refractivity contribution in [1.29, 1.82) is 0 Å². The number of benzene rings is 2. The van der Waals surface area contributed by atoms with Gasteiger partial charge in [0.05, 0.1) is 21.7 Å². The van der Waals surface area contributed by atoms with Crippen molar-refractivity contribution in [2.45, 2.75) is 0 Å². The number of imidazole rings is 1. The Morgan fingerprint density at radius 3 is 2.69 bits per heavy atom. The van der Waals surface area contributed by atoms with E-state index in [1.54, 1.807) is 19.2 Å². The number of ether oxygens (including phenoxy) is 1. The van der Waals surface area contributed by atoms with Gasteiger partial charge in [-0.25, -0.2) is 4.98 Å². The van der Waals surface area contributed by atoms with Gasteiger partial charge < -0.3 is 19.9 Å². The number of nitrogens with one attached hydrogen (secondary N) is 2. The normalized spacial score (nSPS) is 10.7. The molecule has 7 nitrogen and oxygen atoms in total. The van der Waals surface area contributed by atoms with Crippen molar-refractivity contribution < 1.29 is 9.53 Å². The minimum Gasteiger partial charge on any atom is -0.457 e. The highest BCUT2D eigenvalue weighted by Gasteiger charge is 2.12. The van der Waals surface area contributed by atoms with E-state index < -0.39 is 0 Å². The molecule has 2 aromatic carbocycles. The molecule has 0 aliphatic carbocycles. The lowest BCUT2D eigenvalue weighted by atomic mass is 10.3. The van der Waals surface area contributed by atoms with E-state index in [1.165, 1.54) is 6.20 Å². The second-order valence-electron chi connectivity index (χ2n) is 6.31. The van der Waals surface area contributed by atoms with Crippen LogP contribution in [-0.2, 0) is 7.05 Å². The number of hydrogen-bond donors (Lipinski definition) is 2. The van der Waals surface area contributed by atoms with Crippen molar-refractivity contribution in [1.82, 2.24) is 19.9 Å². The van der Waals surface area contributed by atoms with Crippen molar-refractivity contribution in [3.8, 4) is 11.5 Å². The Morgan fingerprint density at radius 1 is 1.10 bits per heavy atom. The van der Waals surface area contributed by atoms with Gasteiger partial charge in [-0.1, -0.05) is 23.7 Å². The minimum atomic E-state index is -0.272. The van der Waals surface area contributed by atoms with Gasteiger partial charge >= 0.3 is 0 Å². The predicted molar refractivity (Wildman–Crippen MR) is 113 cm³/mol. The lowest BCUT2D eigenvalue weighted by molar-refractivity contribution is 0.0958. The van der Waals surface area contributed by atoms with Crippen molar-refractivity contribution in [3.05, 3.63) is 71.5 Å². The molecule has 4 rings (SSSR count). The van der Waals surface area contributed by atoms with Gasteiger partial charge in [0.15, 0.2) is 0 Å². The van der Waals surface area contributed by atoms with Gasteiger partial charge in [-0.2, -0.15) is 0 Å². The number of fused-ring (bicyclic) bond motifs is 1. The maximum Gasteiger partial charge on any atom is 0.269 e. The molecular weight excluding hydrogens is 390 g/mol. The lowest BCUT2D eigenvalue weighted by Gasteiger charge is -2.08. The maximum absolute atomic E-state index is 11.7. The quantitative estimate of drug-likeness (QED) is 0.508. The highest BCUT2D eigenvalue weighted by molar-refractivity contribution is 6.33. The number of amides is 1. The highest BCUT2D eigenvalue weighted by Crippen LogP contribution is 2.29. The molecule has 0 aliphatic heterocycles. The zero-order chi connectivity index (χ0) is 20.4. The first-order valence-electron chi connectivity index (χ1n) is 8.89. The van der Waals surface area contributed by atoms with Crippen molar-refractivity contribution in [2.24, 2.45) is 7.05 Å². The lowest BCUT2D eigenvalue weighted by Crippen LogP contribution is -2.18. The van der Waals surface area contributed by atoms with Crippen molar-refractivity contribution >= 4 is 40.2 Å². The van der Waals surface area contributed by atoms with E-state index in [-0.39, 0.29) is 11.6 Å². The van der Waals surface area contributed by atoms with Gasteiger partial charge in [-0.3, -0.25) is 9.78 Å². The SMILES string of the molecule is CNC(=O)c1cc(Oc2ccc3c(c2)nc(Nc2ccccc2Cl)n3C)ccn1. The number of rotatable bonds is 5. The van der Waals surface area contributed by atoms with Crippen LogP contribution in [0.25, 0.3) is 11.0 Å². The average molecular weight is 408 g/mol. The Bertz CT molecular complexity index is 1200.